The third kappa shape index (κ3) is 6.01. The summed E-state index contributed by atoms with van der Waals surface area (Å²) in [6.07, 6.45) is -0.328. The summed E-state index contributed by atoms with van der Waals surface area (Å²) in [5.74, 6) is 0. The fourth-order valence-electron chi connectivity index (χ4n) is 3.76. The van der Waals surface area contributed by atoms with Crippen molar-refractivity contribution in [1.29, 1.82) is 0 Å². The van der Waals surface area contributed by atoms with Crippen LogP contribution in [0.15, 0.2) is 0 Å². The maximum Gasteiger partial charge on any atom is 0.192 e. The monoisotopic (exact) mass is 434 g/mol. The standard InChI is InChI=1S/C21H42O7Si/c1-13-19(15(22-6)11-17(24-8)25-13)27-18-12-16(23-7)20(14(2)26-18)28-29(9,10)21(3,4)5/h13-20H,11-12H2,1-10H3/t13-,14-,15-,16-,17+,18-,19-,20-/m0/s1. The molecule has 29 heavy (non-hydrogen) atoms. The lowest BCUT2D eigenvalue weighted by molar-refractivity contribution is -0.311. The van der Waals surface area contributed by atoms with Crippen LogP contribution in [0.4, 0.5) is 0 Å². The molecular formula is C21H42O7Si. The molecule has 0 saturated carbocycles. The van der Waals surface area contributed by atoms with Gasteiger partial charge in [-0.1, -0.05) is 20.8 Å². The zero-order chi connectivity index (χ0) is 22.0. The van der Waals surface area contributed by atoms with E-state index >= 15 is 0 Å². The molecule has 0 spiro atoms. The Hall–Kier alpha value is -0.0631. The third-order valence-corrected chi connectivity index (χ3v) is 11.1. The molecule has 0 N–H and O–H groups in total. The Labute approximate surface area is 177 Å². The minimum atomic E-state index is -1.95. The largest absolute Gasteiger partial charge is 0.409 e. The molecule has 2 rings (SSSR count). The minimum absolute atomic E-state index is 0.0922. The maximum atomic E-state index is 6.66. The first-order valence-corrected chi connectivity index (χ1v) is 13.6. The predicted molar refractivity (Wildman–Crippen MR) is 113 cm³/mol. The molecule has 0 aromatic rings. The average molecular weight is 435 g/mol. The van der Waals surface area contributed by atoms with E-state index in [4.69, 9.17) is 32.8 Å². The smallest absolute Gasteiger partial charge is 0.192 e. The highest BCUT2D eigenvalue weighted by atomic mass is 28.4. The van der Waals surface area contributed by atoms with Crippen molar-refractivity contribution in [2.75, 3.05) is 21.3 Å². The second-order valence-corrected chi connectivity index (χ2v) is 14.5. The van der Waals surface area contributed by atoms with Crippen molar-refractivity contribution >= 4 is 8.32 Å². The lowest BCUT2D eigenvalue weighted by Crippen LogP contribution is -2.57. The molecular weight excluding hydrogens is 392 g/mol. The van der Waals surface area contributed by atoms with Gasteiger partial charge in [0.2, 0.25) is 0 Å². The van der Waals surface area contributed by atoms with Crippen molar-refractivity contribution in [3.05, 3.63) is 0 Å². The number of methoxy groups -OCH3 is 3. The van der Waals surface area contributed by atoms with E-state index < -0.39 is 14.6 Å². The summed E-state index contributed by atoms with van der Waals surface area (Å²) in [7, 11) is 3.11. The summed E-state index contributed by atoms with van der Waals surface area (Å²) < 4.78 is 42.0. The first-order chi connectivity index (χ1) is 13.4. The van der Waals surface area contributed by atoms with Crippen LogP contribution in [0, 0.1) is 0 Å². The second-order valence-electron chi connectivity index (χ2n) is 9.74. The molecule has 0 radical (unpaired) electrons. The zero-order valence-electron chi connectivity index (χ0n) is 19.9. The molecule has 0 bridgehead atoms. The summed E-state index contributed by atoms with van der Waals surface area (Å²) in [5.41, 5.74) is 0. The van der Waals surface area contributed by atoms with Gasteiger partial charge in [0.15, 0.2) is 20.9 Å². The van der Waals surface area contributed by atoms with E-state index in [2.05, 4.69) is 33.9 Å². The van der Waals surface area contributed by atoms with Crippen LogP contribution in [-0.4, -0.2) is 78.9 Å². The van der Waals surface area contributed by atoms with Gasteiger partial charge in [-0.3, -0.25) is 0 Å². The molecule has 0 aromatic carbocycles. The molecule has 8 heteroatoms. The average Bonchev–Trinajstić information content (AvgIpc) is 2.63. The fraction of sp³-hybridized carbons (Fsp3) is 1.00. The Kier molecular flexibility index (Phi) is 8.72. The van der Waals surface area contributed by atoms with Gasteiger partial charge in [0.1, 0.15) is 6.10 Å². The van der Waals surface area contributed by atoms with Crippen LogP contribution in [-0.2, 0) is 32.8 Å². The summed E-state index contributed by atoms with van der Waals surface area (Å²) in [4.78, 5) is 0. The number of hydrogen-bond acceptors (Lipinski definition) is 7. The SMILES string of the molecule is CO[C@H]1C[C@H](OC)[C@@H](O[C@H]2C[C@H](OC)[C@@H](O[Si](C)(C)C(C)(C)C)[C@H](C)O2)[C@H](C)O1. The van der Waals surface area contributed by atoms with Crippen molar-refractivity contribution < 1.29 is 32.8 Å². The van der Waals surface area contributed by atoms with Crippen molar-refractivity contribution in [3.63, 3.8) is 0 Å². The molecule has 0 aliphatic carbocycles. The van der Waals surface area contributed by atoms with Gasteiger partial charge in [-0.05, 0) is 32.0 Å². The van der Waals surface area contributed by atoms with Crippen molar-refractivity contribution in [1.82, 2.24) is 0 Å². The molecule has 2 heterocycles. The van der Waals surface area contributed by atoms with Crippen LogP contribution in [0.5, 0.6) is 0 Å². The van der Waals surface area contributed by atoms with E-state index in [-0.39, 0.29) is 48.0 Å². The van der Waals surface area contributed by atoms with Crippen LogP contribution in [0.1, 0.15) is 47.5 Å². The Balaban J connectivity index is 2.05. The van der Waals surface area contributed by atoms with Gasteiger partial charge in [0.25, 0.3) is 0 Å². The maximum absolute atomic E-state index is 6.66. The summed E-state index contributed by atoms with van der Waals surface area (Å²) in [6.45, 7) is 15.2. The Morgan fingerprint density at radius 2 is 1.24 bits per heavy atom. The van der Waals surface area contributed by atoms with Crippen molar-refractivity contribution in [2.45, 2.75) is 115 Å². The van der Waals surface area contributed by atoms with E-state index in [0.717, 1.165) is 0 Å². The number of hydrogen-bond donors (Lipinski definition) is 0. The topological polar surface area (TPSA) is 64.6 Å². The molecule has 0 unspecified atom stereocenters. The van der Waals surface area contributed by atoms with E-state index in [1.165, 1.54) is 0 Å². The molecule has 2 saturated heterocycles. The molecule has 2 aliphatic heterocycles. The summed E-state index contributed by atoms with van der Waals surface area (Å²) in [6, 6.07) is 0. The minimum Gasteiger partial charge on any atom is -0.409 e. The van der Waals surface area contributed by atoms with Crippen LogP contribution < -0.4 is 0 Å². The van der Waals surface area contributed by atoms with Crippen LogP contribution >= 0.6 is 0 Å². The van der Waals surface area contributed by atoms with E-state index in [1.54, 1.807) is 21.3 Å². The highest BCUT2D eigenvalue weighted by Gasteiger charge is 2.47. The number of rotatable bonds is 7. The molecule has 0 amide bonds. The number of ether oxygens (including phenoxy) is 6. The normalized spacial score (nSPS) is 39.5. The van der Waals surface area contributed by atoms with E-state index in [0.29, 0.717) is 12.8 Å². The molecule has 2 fully saturated rings. The zero-order valence-corrected chi connectivity index (χ0v) is 20.9. The lowest BCUT2D eigenvalue weighted by Gasteiger charge is -2.47. The van der Waals surface area contributed by atoms with Crippen molar-refractivity contribution in [2.24, 2.45) is 0 Å². The highest BCUT2D eigenvalue weighted by Crippen LogP contribution is 2.40. The highest BCUT2D eigenvalue weighted by molar-refractivity contribution is 6.74. The Morgan fingerprint density at radius 1 is 0.759 bits per heavy atom. The van der Waals surface area contributed by atoms with Crippen LogP contribution in [0.25, 0.3) is 0 Å². The first kappa shape index (κ1) is 25.2. The van der Waals surface area contributed by atoms with Gasteiger partial charge in [-0.2, -0.15) is 0 Å². The summed E-state index contributed by atoms with van der Waals surface area (Å²) >= 11 is 0. The van der Waals surface area contributed by atoms with E-state index in [9.17, 15) is 0 Å². The van der Waals surface area contributed by atoms with Gasteiger partial charge in [-0.25, -0.2) is 0 Å². The van der Waals surface area contributed by atoms with Gasteiger partial charge in [-0.15, -0.1) is 0 Å². The summed E-state index contributed by atoms with van der Waals surface area (Å²) in [5, 5.41) is 0.122. The van der Waals surface area contributed by atoms with Gasteiger partial charge in [0, 0.05) is 34.2 Å². The third-order valence-electron chi connectivity index (χ3n) is 6.65. The fourth-order valence-corrected chi connectivity index (χ4v) is 5.14. The predicted octanol–water partition coefficient (Wildman–Crippen LogP) is 3.71. The molecule has 7 nitrogen and oxygen atoms in total. The van der Waals surface area contributed by atoms with Crippen LogP contribution in [0.2, 0.25) is 18.1 Å². The molecule has 172 valence electrons. The van der Waals surface area contributed by atoms with Gasteiger partial charge < -0.3 is 32.8 Å². The lowest BCUT2D eigenvalue weighted by atomic mass is 10.00. The van der Waals surface area contributed by atoms with Crippen LogP contribution in [0.3, 0.4) is 0 Å². The van der Waals surface area contributed by atoms with E-state index in [1.807, 2.05) is 13.8 Å². The van der Waals surface area contributed by atoms with Crippen molar-refractivity contribution in [3.8, 4) is 0 Å². The van der Waals surface area contributed by atoms with Gasteiger partial charge >= 0.3 is 0 Å². The first-order valence-electron chi connectivity index (χ1n) is 10.7. The second kappa shape index (κ2) is 10.0. The Morgan fingerprint density at radius 3 is 1.76 bits per heavy atom. The molecule has 2 aliphatic rings. The molecule has 8 atom stereocenters. The molecule has 0 aromatic heterocycles. The van der Waals surface area contributed by atoms with Gasteiger partial charge in [0.05, 0.1) is 30.5 Å². The Bertz CT molecular complexity index is 510. The quantitative estimate of drug-likeness (QED) is 0.566.